The van der Waals surface area contributed by atoms with E-state index in [1.165, 1.54) is 6.20 Å². The molecule has 0 fully saturated rings. The minimum Gasteiger partial charge on any atom is -0.370 e. The lowest BCUT2D eigenvalue weighted by molar-refractivity contribution is 0.851. The van der Waals surface area contributed by atoms with Crippen LogP contribution in [0, 0.1) is 0 Å². The van der Waals surface area contributed by atoms with Gasteiger partial charge in [-0.3, -0.25) is 9.78 Å². The first-order valence-electron chi connectivity index (χ1n) is 7.56. The average Bonchev–Trinajstić information content (AvgIpc) is 2.98. The van der Waals surface area contributed by atoms with Crippen molar-refractivity contribution < 1.29 is 0 Å². The second-order valence-corrected chi connectivity index (χ2v) is 5.26. The first-order valence-corrected chi connectivity index (χ1v) is 7.56. The Balaban J connectivity index is 1.77. The summed E-state index contributed by atoms with van der Waals surface area (Å²) >= 11 is 0. The van der Waals surface area contributed by atoms with E-state index in [1.54, 1.807) is 10.7 Å². The molecule has 8 nitrogen and oxygen atoms in total. The highest BCUT2D eigenvalue weighted by Gasteiger charge is 2.06. The summed E-state index contributed by atoms with van der Waals surface area (Å²) in [4.78, 5) is 31.9. The van der Waals surface area contributed by atoms with E-state index in [0.717, 1.165) is 30.0 Å². The molecule has 0 aliphatic carbocycles. The summed E-state index contributed by atoms with van der Waals surface area (Å²) in [5, 5.41) is 7.53. The van der Waals surface area contributed by atoms with E-state index in [2.05, 4.69) is 32.3 Å². The third kappa shape index (κ3) is 3.31. The van der Waals surface area contributed by atoms with E-state index >= 15 is 0 Å². The molecule has 0 spiro atoms. The summed E-state index contributed by atoms with van der Waals surface area (Å²) in [6.07, 6.45) is 5.55. The molecule has 0 saturated heterocycles. The van der Waals surface area contributed by atoms with E-state index < -0.39 is 5.69 Å². The van der Waals surface area contributed by atoms with Crippen molar-refractivity contribution in [2.45, 2.75) is 26.2 Å². The van der Waals surface area contributed by atoms with Crippen LogP contribution in [0.1, 0.15) is 24.6 Å². The van der Waals surface area contributed by atoms with Crippen LogP contribution in [0.4, 0.5) is 5.82 Å². The average molecular weight is 314 g/mol. The number of nitrogens with one attached hydrogen (secondary N) is 3. The van der Waals surface area contributed by atoms with Crippen LogP contribution in [-0.2, 0) is 12.8 Å². The van der Waals surface area contributed by atoms with Crippen molar-refractivity contribution in [3.63, 3.8) is 0 Å². The standard InChI is InChI=1S/C15H18N6O2/c1-2-3-11-8-13(21-12(19-11)5-7-18-21)16-6-4-10-9-17-15(23)20-14(10)22/h5,7-9,16H,2-4,6H2,1H3,(H2,17,20,22,23). The van der Waals surface area contributed by atoms with Crippen molar-refractivity contribution >= 4 is 11.5 Å². The number of anilines is 1. The second kappa shape index (κ2) is 6.47. The Morgan fingerprint density at radius 2 is 2.17 bits per heavy atom. The molecule has 0 amide bonds. The van der Waals surface area contributed by atoms with Crippen LogP contribution in [0.25, 0.3) is 5.65 Å². The fourth-order valence-electron chi connectivity index (χ4n) is 2.42. The lowest BCUT2D eigenvalue weighted by Gasteiger charge is -2.10. The van der Waals surface area contributed by atoms with E-state index in [9.17, 15) is 9.59 Å². The van der Waals surface area contributed by atoms with Gasteiger partial charge in [0.15, 0.2) is 5.65 Å². The lowest BCUT2D eigenvalue weighted by atomic mass is 10.2. The Labute approximate surface area is 131 Å². The highest BCUT2D eigenvalue weighted by Crippen LogP contribution is 2.13. The maximum atomic E-state index is 11.7. The van der Waals surface area contributed by atoms with Gasteiger partial charge in [-0.25, -0.2) is 9.78 Å². The van der Waals surface area contributed by atoms with Gasteiger partial charge in [0.05, 0.1) is 6.20 Å². The normalized spacial score (nSPS) is 11.0. The number of rotatable bonds is 6. The van der Waals surface area contributed by atoms with Crippen molar-refractivity contribution in [1.82, 2.24) is 24.6 Å². The van der Waals surface area contributed by atoms with Gasteiger partial charge in [0.2, 0.25) is 0 Å². The molecule has 8 heteroatoms. The highest BCUT2D eigenvalue weighted by molar-refractivity contribution is 5.49. The molecule has 3 aromatic heterocycles. The van der Waals surface area contributed by atoms with Crippen molar-refractivity contribution in [2.75, 3.05) is 11.9 Å². The molecule has 0 saturated carbocycles. The first-order chi connectivity index (χ1) is 11.2. The third-order valence-electron chi connectivity index (χ3n) is 3.52. The highest BCUT2D eigenvalue weighted by atomic mass is 16.2. The summed E-state index contributed by atoms with van der Waals surface area (Å²) in [5.41, 5.74) is 1.46. The van der Waals surface area contributed by atoms with Crippen molar-refractivity contribution in [3.8, 4) is 0 Å². The molecule has 0 atom stereocenters. The molecule has 3 N–H and O–H groups in total. The number of aromatic amines is 2. The van der Waals surface area contributed by atoms with Crippen LogP contribution in [-0.4, -0.2) is 31.1 Å². The van der Waals surface area contributed by atoms with Gasteiger partial charge in [-0.15, -0.1) is 0 Å². The van der Waals surface area contributed by atoms with Crippen molar-refractivity contribution in [2.24, 2.45) is 0 Å². The number of nitrogens with zero attached hydrogens (tertiary/aromatic N) is 3. The molecule has 3 aromatic rings. The summed E-state index contributed by atoms with van der Waals surface area (Å²) in [6.45, 7) is 2.65. The van der Waals surface area contributed by atoms with Crippen molar-refractivity contribution in [1.29, 1.82) is 0 Å². The maximum Gasteiger partial charge on any atom is 0.325 e. The largest absolute Gasteiger partial charge is 0.370 e. The summed E-state index contributed by atoms with van der Waals surface area (Å²) in [6, 6.07) is 3.83. The quantitative estimate of drug-likeness (QED) is 0.621. The molecule has 0 aliphatic rings. The zero-order valence-corrected chi connectivity index (χ0v) is 12.8. The predicted octanol–water partition coefficient (Wildman–Crippen LogP) is 0.713. The second-order valence-electron chi connectivity index (χ2n) is 5.26. The molecule has 3 heterocycles. The van der Waals surface area contributed by atoms with E-state index in [1.807, 2.05) is 12.1 Å². The minimum atomic E-state index is -0.497. The number of aryl methyl sites for hydroxylation is 1. The summed E-state index contributed by atoms with van der Waals surface area (Å²) in [5.74, 6) is 0.837. The Morgan fingerprint density at radius 3 is 2.96 bits per heavy atom. The van der Waals surface area contributed by atoms with Crippen molar-refractivity contribution in [3.05, 3.63) is 56.6 Å². The Hall–Kier alpha value is -2.90. The maximum absolute atomic E-state index is 11.7. The summed E-state index contributed by atoms with van der Waals surface area (Å²) < 4.78 is 1.73. The Morgan fingerprint density at radius 1 is 1.30 bits per heavy atom. The topological polar surface area (TPSA) is 108 Å². The monoisotopic (exact) mass is 314 g/mol. The molecule has 3 rings (SSSR count). The zero-order chi connectivity index (χ0) is 16.2. The van der Waals surface area contributed by atoms with E-state index in [-0.39, 0.29) is 5.56 Å². The molecule has 0 aromatic carbocycles. The number of fused-ring (bicyclic) bond motifs is 1. The number of aromatic nitrogens is 5. The van der Waals surface area contributed by atoms with Crippen LogP contribution >= 0.6 is 0 Å². The Kier molecular flexibility index (Phi) is 4.22. The van der Waals surface area contributed by atoms with Gasteiger partial charge in [-0.1, -0.05) is 13.3 Å². The van der Waals surface area contributed by atoms with Gasteiger partial charge in [0.1, 0.15) is 5.82 Å². The lowest BCUT2D eigenvalue weighted by Crippen LogP contribution is -2.25. The Bertz CT molecular complexity index is 923. The number of hydrogen-bond donors (Lipinski definition) is 3. The van der Waals surface area contributed by atoms with E-state index in [4.69, 9.17) is 0 Å². The predicted molar refractivity (Wildman–Crippen MR) is 86.9 cm³/mol. The fraction of sp³-hybridized carbons (Fsp3) is 0.333. The van der Waals surface area contributed by atoms with Gasteiger partial charge >= 0.3 is 5.69 Å². The van der Waals surface area contributed by atoms with Crippen LogP contribution in [0.2, 0.25) is 0 Å². The van der Waals surface area contributed by atoms with Crippen LogP contribution < -0.4 is 16.6 Å². The zero-order valence-electron chi connectivity index (χ0n) is 12.8. The van der Waals surface area contributed by atoms with E-state index in [0.29, 0.717) is 18.5 Å². The third-order valence-corrected chi connectivity index (χ3v) is 3.52. The number of H-pyrrole nitrogens is 2. The first kappa shape index (κ1) is 15.0. The van der Waals surface area contributed by atoms with Gasteiger partial charge in [0.25, 0.3) is 5.56 Å². The molecular weight excluding hydrogens is 296 g/mol. The SMILES string of the molecule is CCCc1cc(NCCc2c[nH]c(=O)[nH]c2=O)n2nccc2n1. The van der Waals surface area contributed by atoms with Gasteiger partial charge in [0, 0.05) is 36.1 Å². The van der Waals surface area contributed by atoms with Crippen LogP contribution in [0.5, 0.6) is 0 Å². The molecular formula is C15H18N6O2. The minimum absolute atomic E-state index is 0.360. The smallest absolute Gasteiger partial charge is 0.325 e. The molecule has 0 bridgehead atoms. The van der Waals surface area contributed by atoms with Gasteiger partial charge in [-0.05, 0) is 12.8 Å². The van der Waals surface area contributed by atoms with Gasteiger partial charge in [-0.2, -0.15) is 9.61 Å². The molecule has 23 heavy (non-hydrogen) atoms. The fourth-order valence-corrected chi connectivity index (χ4v) is 2.42. The molecule has 120 valence electrons. The molecule has 0 unspecified atom stereocenters. The van der Waals surface area contributed by atoms with Crippen LogP contribution in [0.15, 0.2) is 34.1 Å². The van der Waals surface area contributed by atoms with Crippen LogP contribution in [0.3, 0.4) is 0 Å². The molecule has 0 aliphatic heterocycles. The summed E-state index contributed by atoms with van der Waals surface area (Å²) in [7, 11) is 0. The molecule has 0 radical (unpaired) electrons. The number of hydrogen-bond acceptors (Lipinski definition) is 5. The van der Waals surface area contributed by atoms with Gasteiger partial charge < -0.3 is 10.3 Å².